The lowest BCUT2D eigenvalue weighted by Gasteiger charge is -2.20. The minimum atomic E-state index is -4.19. The van der Waals surface area contributed by atoms with E-state index in [-0.39, 0.29) is 23.2 Å². The lowest BCUT2D eigenvalue weighted by molar-refractivity contribution is 0.398. The third kappa shape index (κ3) is 4.97. The summed E-state index contributed by atoms with van der Waals surface area (Å²) in [4.78, 5) is 12.4. The molecule has 2 atom stereocenters. The van der Waals surface area contributed by atoms with Gasteiger partial charge in [-0.2, -0.15) is 0 Å². The first-order valence-electron chi connectivity index (χ1n) is 10.5. The lowest BCUT2D eigenvalue weighted by atomic mass is 10.1. The molecule has 10 nitrogen and oxygen atoms in total. The lowest BCUT2D eigenvalue weighted by Crippen LogP contribution is -2.31. The molecule has 1 aromatic carbocycles. The molecule has 0 aliphatic rings. The number of hydrogen-bond donors (Lipinski definition) is 1. The Morgan fingerprint density at radius 1 is 1.03 bits per heavy atom. The summed E-state index contributed by atoms with van der Waals surface area (Å²) in [6, 6.07) is 7.92. The van der Waals surface area contributed by atoms with Crippen molar-refractivity contribution < 1.29 is 21.9 Å². The van der Waals surface area contributed by atoms with Gasteiger partial charge in [0.15, 0.2) is 5.82 Å². The minimum Gasteiger partial charge on any atom is -0.481 e. The first kappa shape index (κ1) is 25.4. The van der Waals surface area contributed by atoms with Crippen LogP contribution in [0.4, 0.5) is 14.7 Å². The Morgan fingerprint density at radius 3 is 2.31 bits per heavy atom. The van der Waals surface area contributed by atoms with E-state index in [1.165, 1.54) is 38.6 Å². The Bertz CT molecular complexity index is 1480. The summed E-state index contributed by atoms with van der Waals surface area (Å²) in [5.41, 5.74) is -0.438. The fourth-order valence-corrected chi connectivity index (χ4v) is 4.67. The SMILES string of the molecule is COc1cccc(-c2nnc(NS(=O)(=O)[C@H](C)[C@H](C)c3ncc(Cl)cn3)n2-c2c(F)cccc2F)n1. The topological polar surface area (TPSA) is 125 Å². The molecule has 0 spiro atoms. The Morgan fingerprint density at radius 2 is 1.67 bits per heavy atom. The zero-order valence-electron chi connectivity index (χ0n) is 19.2. The summed E-state index contributed by atoms with van der Waals surface area (Å²) in [5.74, 6) is -2.68. The number of ether oxygens (including phenoxy) is 1. The van der Waals surface area contributed by atoms with E-state index in [1.807, 2.05) is 0 Å². The zero-order chi connectivity index (χ0) is 26.0. The molecule has 0 aliphatic carbocycles. The first-order chi connectivity index (χ1) is 17.1. The van der Waals surface area contributed by atoms with Crippen LogP contribution < -0.4 is 9.46 Å². The number of nitrogens with one attached hydrogen (secondary N) is 1. The number of halogens is 3. The van der Waals surface area contributed by atoms with Crippen molar-refractivity contribution in [2.24, 2.45) is 0 Å². The van der Waals surface area contributed by atoms with E-state index in [0.717, 1.165) is 16.7 Å². The summed E-state index contributed by atoms with van der Waals surface area (Å²) in [6.07, 6.45) is 2.72. The van der Waals surface area contributed by atoms with Crippen LogP contribution in [0.15, 0.2) is 48.8 Å². The number of methoxy groups -OCH3 is 1. The zero-order valence-corrected chi connectivity index (χ0v) is 20.8. The third-order valence-corrected chi connectivity index (χ3v) is 7.51. The van der Waals surface area contributed by atoms with E-state index in [1.54, 1.807) is 19.1 Å². The molecule has 0 aliphatic heterocycles. The van der Waals surface area contributed by atoms with E-state index in [9.17, 15) is 17.2 Å². The Hall–Kier alpha value is -3.71. The van der Waals surface area contributed by atoms with Crippen LogP contribution in [-0.2, 0) is 10.0 Å². The number of para-hydroxylation sites is 1. The quantitative estimate of drug-likeness (QED) is 0.359. The molecular formula is C22H20ClF2N7O3S. The van der Waals surface area contributed by atoms with Crippen molar-refractivity contribution in [3.05, 3.63) is 71.3 Å². The van der Waals surface area contributed by atoms with Gasteiger partial charge in [-0.25, -0.2) is 32.2 Å². The normalized spacial score (nSPS) is 13.3. The highest BCUT2D eigenvalue weighted by Gasteiger charge is 2.32. The maximum Gasteiger partial charge on any atom is 0.243 e. The molecule has 3 aromatic heterocycles. The van der Waals surface area contributed by atoms with Gasteiger partial charge in [-0.15, -0.1) is 10.2 Å². The number of pyridine rings is 1. The highest BCUT2D eigenvalue weighted by molar-refractivity contribution is 7.93. The maximum atomic E-state index is 14.8. The molecule has 0 saturated heterocycles. The van der Waals surface area contributed by atoms with Gasteiger partial charge in [0.05, 0.1) is 17.4 Å². The second-order valence-electron chi connectivity index (χ2n) is 7.72. The highest BCUT2D eigenvalue weighted by atomic mass is 35.5. The van der Waals surface area contributed by atoms with Gasteiger partial charge >= 0.3 is 0 Å². The average molecular weight is 536 g/mol. The van der Waals surface area contributed by atoms with Crippen LogP contribution in [0.1, 0.15) is 25.6 Å². The third-order valence-electron chi connectivity index (χ3n) is 5.46. The monoisotopic (exact) mass is 535 g/mol. The number of aromatic nitrogens is 6. The largest absolute Gasteiger partial charge is 0.481 e. The molecule has 3 heterocycles. The van der Waals surface area contributed by atoms with Gasteiger partial charge in [0.25, 0.3) is 0 Å². The van der Waals surface area contributed by atoms with Gasteiger partial charge < -0.3 is 4.74 Å². The van der Waals surface area contributed by atoms with Gasteiger partial charge in [-0.05, 0) is 25.1 Å². The van der Waals surface area contributed by atoms with Gasteiger partial charge in [0.1, 0.15) is 28.8 Å². The van der Waals surface area contributed by atoms with Crippen LogP contribution in [0.3, 0.4) is 0 Å². The van der Waals surface area contributed by atoms with E-state index < -0.39 is 44.5 Å². The van der Waals surface area contributed by atoms with Crippen molar-refractivity contribution in [3.8, 4) is 23.1 Å². The predicted molar refractivity (Wildman–Crippen MR) is 129 cm³/mol. The van der Waals surface area contributed by atoms with E-state index in [2.05, 4.69) is 29.9 Å². The van der Waals surface area contributed by atoms with Crippen LogP contribution >= 0.6 is 11.6 Å². The van der Waals surface area contributed by atoms with E-state index in [4.69, 9.17) is 16.3 Å². The van der Waals surface area contributed by atoms with Crippen molar-refractivity contribution in [2.75, 3.05) is 11.8 Å². The summed E-state index contributed by atoms with van der Waals surface area (Å²) in [7, 11) is -2.78. The van der Waals surface area contributed by atoms with Crippen molar-refractivity contribution in [1.29, 1.82) is 0 Å². The maximum absolute atomic E-state index is 14.8. The molecule has 0 radical (unpaired) electrons. The number of rotatable bonds is 8. The summed E-state index contributed by atoms with van der Waals surface area (Å²) in [6.45, 7) is 3.07. The van der Waals surface area contributed by atoms with Crippen LogP contribution in [-0.4, -0.2) is 50.5 Å². The predicted octanol–water partition coefficient (Wildman–Crippen LogP) is 3.99. The Kier molecular flexibility index (Phi) is 7.13. The van der Waals surface area contributed by atoms with Gasteiger partial charge in [-0.1, -0.05) is 30.7 Å². The van der Waals surface area contributed by atoms with Crippen LogP contribution in [0, 0.1) is 11.6 Å². The van der Waals surface area contributed by atoms with Crippen molar-refractivity contribution in [3.63, 3.8) is 0 Å². The smallest absolute Gasteiger partial charge is 0.243 e. The average Bonchev–Trinajstić information content (AvgIpc) is 3.25. The van der Waals surface area contributed by atoms with E-state index in [0.29, 0.717) is 5.02 Å². The summed E-state index contributed by atoms with van der Waals surface area (Å²) >= 11 is 5.82. The van der Waals surface area contributed by atoms with Crippen molar-refractivity contribution in [1.82, 2.24) is 29.7 Å². The van der Waals surface area contributed by atoms with Crippen molar-refractivity contribution >= 4 is 27.6 Å². The number of benzene rings is 1. The molecule has 0 bridgehead atoms. The van der Waals surface area contributed by atoms with Crippen molar-refractivity contribution in [2.45, 2.75) is 25.0 Å². The number of nitrogens with zero attached hydrogens (tertiary/aromatic N) is 6. The molecule has 14 heteroatoms. The number of sulfonamides is 1. The fourth-order valence-electron chi connectivity index (χ4n) is 3.34. The Balaban J connectivity index is 1.80. The van der Waals surface area contributed by atoms with Gasteiger partial charge in [0, 0.05) is 24.4 Å². The number of anilines is 1. The molecular weight excluding hydrogens is 516 g/mol. The fraction of sp³-hybridized carbons (Fsp3) is 0.227. The highest BCUT2D eigenvalue weighted by Crippen LogP contribution is 2.30. The summed E-state index contributed by atoms with van der Waals surface area (Å²) < 4.78 is 64.6. The van der Waals surface area contributed by atoms with Crippen LogP contribution in [0.5, 0.6) is 5.88 Å². The molecule has 0 fully saturated rings. The minimum absolute atomic E-state index is 0.114. The Labute approximate surface area is 210 Å². The standard InChI is InChI=1S/C22H20ClF2N7O3S/c1-12(20-26-10-14(23)11-27-20)13(2)36(33,34)31-22-30-29-21(17-8-5-9-18(28-17)35-3)32(22)19-15(24)6-4-7-16(19)25/h4-13H,1-3H3,(H,30,31)/t12-,13+/m0/s1. The molecule has 4 aromatic rings. The molecule has 0 amide bonds. The molecule has 1 N–H and O–H groups in total. The molecule has 36 heavy (non-hydrogen) atoms. The van der Waals surface area contributed by atoms with E-state index >= 15 is 0 Å². The van der Waals surface area contributed by atoms with Crippen LogP contribution in [0.25, 0.3) is 17.2 Å². The molecule has 0 saturated carbocycles. The first-order valence-corrected chi connectivity index (χ1v) is 12.4. The summed E-state index contributed by atoms with van der Waals surface area (Å²) in [5, 5.41) is 7.08. The molecule has 4 rings (SSSR count). The molecule has 0 unspecified atom stereocenters. The van der Waals surface area contributed by atoms with Crippen LogP contribution in [0.2, 0.25) is 5.02 Å². The second kappa shape index (κ2) is 10.1. The number of hydrogen-bond acceptors (Lipinski definition) is 8. The van der Waals surface area contributed by atoms with Gasteiger partial charge in [0.2, 0.25) is 21.9 Å². The second-order valence-corrected chi connectivity index (χ2v) is 10.2. The molecule has 188 valence electrons. The van der Waals surface area contributed by atoms with Gasteiger partial charge in [-0.3, -0.25) is 9.29 Å².